The Labute approximate surface area is 215 Å². The van der Waals surface area contributed by atoms with Crippen LogP contribution in [-0.4, -0.2) is 65.4 Å². The van der Waals surface area contributed by atoms with Crippen LogP contribution in [0.2, 0.25) is 0 Å². The molecule has 7 nitrogen and oxygen atoms in total. The summed E-state index contributed by atoms with van der Waals surface area (Å²) in [4.78, 5) is 42.2. The van der Waals surface area contributed by atoms with Crippen LogP contribution in [0.1, 0.15) is 86.2 Å². The van der Waals surface area contributed by atoms with Gasteiger partial charge in [-0.2, -0.15) is 0 Å². The Morgan fingerprint density at radius 2 is 1.83 bits per heavy atom. The Balaban J connectivity index is 1.51. The van der Waals surface area contributed by atoms with Crippen LogP contribution in [0.5, 0.6) is 0 Å². The summed E-state index contributed by atoms with van der Waals surface area (Å²) in [6, 6.07) is 5.87. The van der Waals surface area contributed by atoms with E-state index in [9.17, 15) is 19.5 Å². The molecule has 1 aromatic carbocycles. The van der Waals surface area contributed by atoms with Crippen molar-refractivity contribution >= 4 is 17.8 Å². The maximum atomic E-state index is 13.6. The van der Waals surface area contributed by atoms with Crippen molar-refractivity contribution in [3.05, 3.63) is 34.9 Å². The molecule has 2 N–H and O–H groups in total. The molecule has 0 bridgehead atoms. The predicted octanol–water partition coefficient (Wildman–Crippen LogP) is 4.09. The Morgan fingerprint density at radius 1 is 1.11 bits per heavy atom. The van der Waals surface area contributed by atoms with E-state index in [-0.39, 0.29) is 24.3 Å². The molecule has 2 fully saturated rings. The van der Waals surface area contributed by atoms with Crippen LogP contribution in [0.4, 0.5) is 0 Å². The number of hydrogen-bond donors (Lipinski definition) is 2. The first-order valence-corrected chi connectivity index (χ1v) is 13.9. The lowest BCUT2D eigenvalue weighted by molar-refractivity contribution is -0.146. The van der Waals surface area contributed by atoms with E-state index in [0.717, 1.165) is 62.9 Å². The average Bonchev–Trinajstić information content (AvgIpc) is 3.03. The first-order valence-electron chi connectivity index (χ1n) is 13.9. The second-order valence-corrected chi connectivity index (χ2v) is 11.3. The smallest absolute Gasteiger partial charge is 0.304 e. The van der Waals surface area contributed by atoms with Gasteiger partial charge in [-0.15, -0.1) is 0 Å². The number of carboxylic acid groups (broad SMARTS) is 1. The zero-order chi connectivity index (χ0) is 25.7. The Morgan fingerprint density at radius 3 is 2.53 bits per heavy atom. The van der Waals surface area contributed by atoms with E-state index < -0.39 is 11.9 Å². The van der Waals surface area contributed by atoms with E-state index in [4.69, 9.17) is 0 Å². The van der Waals surface area contributed by atoms with Crippen LogP contribution in [0.15, 0.2) is 18.2 Å². The molecule has 2 aliphatic heterocycles. The van der Waals surface area contributed by atoms with Crippen LogP contribution in [0.25, 0.3) is 0 Å². The normalized spacial score (nSPS) is 22.6. The van der Waals surface area contributed by atoms with Crippen molar-refractivity contribution in [2.75, 3.05) is 26.7 Å². The number of fused-ring (bicyclic) bond motifs is 1. The van der Waals surface area contributed by atoms with Gasteiger partial charge in [0.05, 0.1) is 12.3 Å². The number of benzene rings is 1. The molecule has 7 heteroatoms. The van der Waals surface area contributed by atoms with Gasteiger partial charge in [-0.1, -0.05) is 25.3 Å². The highest BCUT2D eigenvalue weighted by atomic mass is 16.4. The summed E-state index contributed by atoms with van der Waals surface area (Å²) in [6.07, 6.45) is 9.42. The fourth-order valence-corrected chi connectivity index (χ4v) is 6.41. The van der Waals surface area contributed by atoms with Crippen LogP contribution in [-0.2, 0) is 22.6 Å². The van der Waals surface area contributed by atoms with Gasteiger partial charge in [0.2, 0.25) is 5.91 Å². The molecule has 198 valence electrons. The van der Waals surface area contributed by atoms with E-state index in [2.05, 4.69) is 12.2 Å². The van der Waals surface area contributed by atoms with E-state index >= 15 is 0 Å². The van der Waals surface area contributed by atoms with Gasteiger partial charge >= 0.3 is 5.97 Å². The first kappa shape index (κ1) is 26.6. The average molecular weight is 498 g/mol. The molecular weight excluding hydrogens is 454 g/mol. The lowest BCUT2D eigenvalue weighted by atomic mass is 9.83. The summed E-state index contributed by atoms with van der Waals surface area (Å²) in [5.41, 5.74) is 2.59. The molecule has 1 saturated carbocycles. The molecule has 1 aromatic rings. The standard InChI is InChI=1S/C29H43N3O4/c1-20(22-6-4-3-5-7-22)32-19-24-9-8-23(16-25(24)17-26(29(32)36)18-27(33)34)28(35)31(2)15-12-21-10-13-30-14-11-21/h8-9,16,20-22,26,30H,3-7,10-15,17-19H2,1-2H3,(H,33,34). The monoisotopic (exact) mass is 497 g/mol. The number of hydrogen-bond acceptors (Lipinski definition) is 4. The Bertz CT molecular complexity index is 936. The number of carboxylic acids is 1. The van der Waals surface area contributed by atoms with Crippen LogP contribution >= 0.6 is 0 Å². The SMILES string of the molecule is CC(C1CCCCC1)N1Cc2ccc(C(=O)N(C)CCC3CCNCC3)cc2CC(CC(=O)O)C1=O. The van der Waals surface area contributed by atoms with Gasteiger partial charge in [0.25, 0.3) is 5.91 Å². The molecule has 4 rings (SSSR count). The summed E-state index contributed by atoms with van der Waals surface area (Å²) in [7, 11) is 1.86. The largest absolute Gasteiger partial charge is 0.481 e. The van der Waals surface area contributed by atoms with Crippen molar-refractivity contribution in [3.63, 3.8) is 0 Å². The second kappa shape index (κ2) is 12.2. The summed E-state index contributed by atoms with van der Waals surface area (Å²) >= 11 is 0. The number of amides is 2. The third kappa shape index (κ3) is 6.47. The number of carbonyl (C=O) groups excluding carboxylic acids is 2. The topological polar surface area (TPSA) is 90.0 Å². The predicted molar refractivity (Wildman–Crippen MR) is 140 cm³/mol. The van der Waals surface area contributed by atoms with Crippen molar-refractivity contribution in [1.82, 2.24) is 15.1 Å². The van der Waals surface area contributed by atoms with Gasteiger partial charge in [-0.25, -0.2) is 0 Å². The highest BCUT2D eigenvalue weighted by Crippen LogP contribution is 2.34. The summed E-state index contributed by atoms with van der Waals surface area (Å²) in [5.74, 6) is -0.495. The number of carbonyl (C=O) groups is 3. The fraction of sp³-hybridized carbons (Fsp3) is 0.690. The molecule has 36 heavy (non-hydrogen) atoms. The molecular formula is C29H43N3O4. The van der Waals surface area contributed by atoms with Gasteiger partial charge in [0.15, 0.2) is 0 Å². The maximum Gasteiger partial charge on any atom is 0.304 e. The molecule has 0 aromatic heterocycles. The van der Waals surface area contributed by atoms with Crippen molar-refractivity contribution in [2.24, 2.45) is 17.8 Å². The van der Waals surface area contributed by atoms with Crippen LogP contribution in [0, 0.1) is 17.8 Å². The molecule has 1 aliphatic carbocycles. The molecule has 3 aliphatic rings. The fourth-order valence-electron chi connectivity index (χ4n) is 6.41. The van der Waals surface area contributed by atoms with Gasteiger partial charge in [-0.05, 0) is 93.6 Å². The second-order valence-electron chi connectivity index (χ2n) is 11.3. The molecule has 2 amide bonds. The lowest BCUT2D eigenvalue weighted by Gasteiger charge is -2.37. The molecule has 2 unspecified atom stereocenters. The van der Waals surface area contributed by atoms with Crippen molar-refractivity contribution < 1.29 is 19.5 Å². The summed E-state index contributed by atoms with van der Waals surface area (Å²) in [6.45, 7) is 5.46. The van der Waals surface area contributed by atoms with Crippen LogP contribution < -0.4 is 5.32 Å². The highest BCUT2D eigenvalue weighted by molar-refractivity contribution is 5.94. The summed E-state index contributed by atoms with van der Waals surface area (Å²) < 4.78 is 0. The minimum atomic E-state index is -0.952. The van der Waals surface area contributed by atoms with E-state index in [1.165, 1.54) is 19.3 Å². The van der Waals surface area contributed by atoms with Gasteiger partial charge in [0.1, 0.15) is 0 Å². The number of nitrogens with zero attached hydrogens (tertiary/aromatic N) is 2. The molecule has 2 atom stereocenters. The third-order valence-corrected chi connectivity index (χ3v) is 8.82. The molecule has 2 heterocycles. The van der Waals surface area contributed by atoms with Gasteiger partial charge in [0, 0.05) is 31.7 Å². The number of rotatable bonds is 8. The maximum absolute atomic E-state index is 13.6. The van der Waals surface area contributed by atoms with Crippen LogP contribution in [0.3, 0.4) is 0 Å². The minimum Gasteiger partial charge on any atom is -0.481 e. The zero-order valence-corrected chi connectivity index (χ0v) is 22.0. The van der Waals surface area contributed by atoms with Crippen molar-refractivity contribution in [1.29, 1.82) is 0 Å². The number of piperidine rings is 1. The number of aliphatic carboxylic acids is 1. The Hall–Kier alpha value is -2.41. The number of nitrogens with one attached hydrogen (secondary N) is 1. The van der Waals surface area contributed by atoms with Gasteiger partial charge < -0.3 is 20.2 Å². The summed E-state index contributed by atoms with van der Waals surface area (Å²) in [5, 5.41) is 12.9. The van der Waals surface area contributed by atoms with E-state index in [0.29, 0.717) is 30.4 Å². The van der Waals surface area contributed by atoms with Gasteiger partial charge in [-0.3, -0.25) is 14.4 Å². The van der Waals surface area contributed by atoms with Crippen molar-refractivity contribution in [3.8, 4) is 0 Å². The molecule has 0 spiro atoms. The Kier molecular flexibility index (Phi) is 9.04. The van der Waals surface area contributed by atoms with E-state index in [1.54, 1.807) is 4.90 Å². The quantitative estimate of drug-likeness (QED) is 0.565. The highest BCUT2D eigenvalue weighted by Gasteiger charge is 2.36. The van der Waals surface area contributed by atoms with E-state index in [1.807, 2.05) is 30.1 Å². The molecule has 0 radical (unpaired) electrons. The third-order valence-electron chi connectivity index (χ3n) is 8.82. The lowest BCUT2D eigenvalue weighted by Crippen LogP contribution is -2.45. The molecule has 1 saturated heterocycles. The first-order chi connectivity index (χ1) is 17.3. The van der Waals surface area contributed by atoms with Crippen molar-refractivity contribution in [2.45, 2.75) is 83.7 Å². The zero-order valence-electron chi connectivity index (χ0n) is 22.0. The minimum absolute atomic E-state index is 0.00970.